The van der Waals surface area contributed by atoms with Crippen LogP contribution in [-0.2, 0) is 7.05 Å². The molecule has 0 spiro atoms. The highest BCUT2D eigenvalue weighted by Crippen LogP contribution is 2.24. The lowest BCUT2D eigenvalue weighted by molar-refractivity contribution is -0.384. The zero-order chi connectivity index (χ0) is 14.9. The summed E-state index contributed by atoms with van der Waals surface area (Å²) in [5.74, 6) is -0.512. The number of hydrogen-bond donors (Lipinski definition) is 1. The number of pyridine rings is 1. The minimum atomic E-state index is -0.565. The second kappa shape index (κ2) is 5.59. The van der Waals surface area contributed by atoms with E-state index in [9.17, 15) is 14.9 Å². The van der Waals surface area contributed by atoms with E-state index >= 15 is 0 Å². The van der Waals surface area contributed by atoms with E-state index < -0.39 is 10.8 Å². The van der Waals surface area contributed by atoms with Crippen LogP contribution in [-0.4, -0.2) is 20.4 Å². The number of nitro groups is 1. The average Bonchev–Trinajstić information content (AvgIpc) is 2.76. The third-order valence-electron chi connectivity index (χ3n) is 2.49. The molecule has 1 amide bonds. The molecule has 0 fully saturated rings. The molecule has 0 saturated heterocycles. The van der Waals surface area contributed by atoms with Crippen LogP contribution in [0.25, 0.3) is 0 Å². The molecule has 2 rings (SSSR count). The number of amides is 1. The number of carbonyl (C=O) groups excluding carboxylic acids is 1. The van der Waals surface area contributed by atoms with Gasteiger partial charge < -0.3 is 9.88 Å². The topological polar surface area (TPSA) is 90.1 Å². The first-order chi connectivity index (χ1) is 9.38. The molecule has 0 radical (unpaired) electrons. The van der Waals surface area contributed by atoms with E-state index in [0.717, 1.165) is 0 Å². The van der Waals surface area contributed by atoms with E-state index in [-0.39, 0.29) is 16.5 Å². The summed E-state index contributed by atoms with van der Waals surface area (Å²) in [5.41, 5.74) is 0.304. The second-order valence-corrected chi connectivity index (χ2v) is 5.17. The van der Waals surface area contributed by atoms with Crippen molar-refractivity contribution in [2.24, 2.45) is 7.05 Å². The van der Waals surface area contributed by atoms with E-state index in [2.05, 4.69) is 26.2 Å². The van der Waals surface area contributed by atoms with Gasteiger partial charge in [-0.15, -0.1) is 0 Å². The largest absolute Gasteiger partial charge is 0.340 e. The van der Waals surface area contributed by atoms with E-state index in [1.165, 1.54) is 23.0 Å². The molecule has 7 nitrogen and oxygen atoms in total. The highest BCUT2D eigenvalue weighted by molar-refractivity contribution is 9.10. The summed E-state index contributed by atoms with van der Waals surface area (Å²) in [6.07, 6.45) is 2.75. The Morgan fingerprint density at radius 3 is 2.85 bits per heavy atom. The van der Waals surface area contributed by atoms with Crippen LogP contribution >= 0.6 is 27.5 Å². The molecule has 9 heteroatoms. The fraction of sp³-hybridized carbons (Fsp3) is 0.0909. The van der Waals surface area contributed by atoms with Gasteiger partial charge in [0.2, 0.25) is 0 Å². The molecule has 0 aliphatic carbocycles. The Morgan fingerprint density at radius 2 is 2.25 bits per heavy atom. The molecule has 2 aromatic rings. The lowest BCUT2D eigenvalue weighted by Gasteiger charge is -2.07. The standard InChI is InChI=1S/C11H8BrClN4O3/c1-16-5-7(17(19)20)3-9(16)11(18)15-8-2-6(12)4-14-10(8)13/h2-5H,1H3,(H,15,18). The summed E-state index contributed by atoms with van der Waals surface area (Å²) < 4.78 is 2.02. The fourth-order valence-electron chi connectivity index (χ4n) is 1.57. The van der Waals surface area contributed by atoms with Crippen LogP contribution in [0.3, 0.4) is 0 Å². The normalized spacial score (nSPS) is 10.3. The van der Waals surface area contributed by atoms with Crippen molar-refractivity contribution in [1.29, 1.82) is 0 Å². The first-order valence-corrected chi connectivity index (χ1v) is 6.48. The quantitative estimate of drug-likeness (QED) is 0.518. The first kappa shape index (κ1) is 14.5. The molecular formula is C11H8BrClN4O3. The molecule has 0 aliphatic heterocycles. The van der Waals surface area contributed by atoms with Crippen LogP contribution in [0.4, 0.5) is 11.4 Å². The summed E-state index contributed by atoms with van der Waals surface area (Å²) >= 11 is 9.07. The van der Waals surface area contributed by atoms with Gasteiger partial charge in [0.15, 0.2) is 5.15 Å². The van der Waals surface area contributed by atoms with Crippen LogP contribution < -0.4 is 5.32 Å². The molecule has 0 bridgehead atoms. The lowest BCUT2D eigenvalue weighted by Crippen LogP contribution is -2.15. The van der Waals surface area contributed by atoms with Crippen molar-refractivity contribution >= 4 is 44.8 Å². The number of rotatable bonds is 3. The van der Waals surface area contributed by atoms with Crippen LogP contribution in [0.1, 0.15) is 10.5 Å². The Morgan fingerprint density at radius 1 is 1.55 bits per heavy atom. The summed E-state index contributed by atoms with van der Waals surface area (Å²) in [6, 6.07) is 2.78. The van der Waals surface area contributed by atoms with E-state index in [1.54, 1.807) is 13.1 Å². The van der Waals surface area contributed by atoms with Crippen LogP contribution in [0.5, 0.6) is 0 Å². The molecule has 20 heavy (non-hydrogen) atoms. The first-order valence-electron chi connectivity index (χ1n) is 5.31. The number of carbonyl (C=O) groups is 1. The van der Waals surface area contributed by atoms with Crippen LogP contribution in [0, 0.1) is 10.1 Å². The van der Waals surface area contributed by atoms with Crippen molar-refractivity contribution in [3.63, 3.8) is 0 Å². The highest BCUT2D eigenvalue weighted by atomic mass is 79.9. The Kier molecular flexibility index (Phi) is 4.05. The van der Waals surface area contributed by atoms with Crippen molar-refractivity contribution in [1.82, 2.24) is 9.55 Å². The van der Waals surface area contributed by atoms with Gasteiger partial charge in [-0.25, -0.2) is 4.98 Å². The number of nitrogens with one attached hydrogen (secondary N) is 1. The Bertz CT molecular complexity index is 701. The van der Waals surface area contributed by atoms with Gasteiger partial charge in [0.05, 0.1) is 16.8 Å². The van der Waals surface area contributed by atoms with E-state index in [0.29, 0.717) is 10.2 Å². The molecule has 2 heterocycles. The molecule has 0 atom stereocenters. The van der Waals surface area contributed by atoms with Gasteiger partial charge >= 0.3 is 0 Å². The Balaban J connectivity index is 2.28. The van der Waals surface area contributed by atoms with Crippen molar-refractivity contribution in [2.45, 2.75) is 0 Å². The Labute approximate surface area is 126 Å². The van der Waals surface area contributed by atoms with Gasteiger partial charge in [0, 0.05) is 23.8 Å². The number of nitrogens with zero attached hydrogens (tertiary/aromatic N) is 3. The van der Waals surface area contributed by atoms with Gasteiger partial charge in [-0.05, 0) is 22.0 Å². The molecule has 0 aromatic carbocycles. The van der Waals surface area contributed by atoms with Gasteiger partial charge in [-0.1, -0.05) is 11.6 Å². The zero-order valence-corrected chi connectivity index (χ0v) is 12.5. The molecule has 0 unspecified atom stereocenters. The number of anilines is 1. The van der Waals surface area contributed by atoms with Crippen molar-refractivity contribution < 1.29 is 9.72 Å². The Hall–Kier alpha value is -1.93. The number of aryl methyl sites for hydroxylation is 1. The third kappa shape index (κ3) is 2.97. The molecule has 0 saturated carbocycles. The molecule has 2 aromatic heterocycles. The summed E-state index contributed by atoms with van der Waals surface area (Å²) in [5, 5.41) is 13.4. The summed E-state index contributed by atoms with van der Waals surface area (Å²) in [4.78, 5) is 26.1. The molecule has 0 aliphatic rings. The minimum Gasteiger partial charge on any atom is -0.340 e. The third-order valence-corrected chi connectivity index (χ3v) is 3.22. The van der Waals surface area contributed by atoms with Crippen LogP contribution in [0.2, 0.25) is 5.15 Å². The van der Waals surface area contributed by atoms with Gasteiger partial charge in [0.1, 0.15) is 5.69 Å². The van der Waals surface area contributed by atoms with E-state index in [1.807, 2.05) is 0 Å². The van der Waals surface area contributed by atoms with Crippen molar-refractivity contribution in [3.05, 3.63) is 50.0 Å². The van der Waals surface area contributed by atoms with Crippen LogP contribution in [0.15, 0.2) is 29.0 Å². The molecular weight excluding hydrogens is 352 g/mol. The van der Waals surface area contributed by atoms with Gasteiger partial charge in [-0.3, -0.25) is 14.9 Å². The van der Waals surface area contributed by atoms with Crippen molar-refractivity contribution in [3.8, 4) is 0 Å². The summed E-state index contributed by atoms with van der Waals surface area (Å²) in [7, 11) is 1.54. The zero-order valence-electron chi connectivity index (χ0n) is 10.1. The molecule has 1 N–H and O–H groups in total. The lowest BCUT2D eigenvalue weighted by atomic mass is 10.3. The SMILES string of the molecule is Cn1cc([N+](=O)[O-])cc1C(=O)Nc1cc(Br)cnc1Cl. The number of halogens is 2. The van der Waals surface area contributed by atoms with E-state index in [4.69, 9.17) is 11.6 Å². The fourth-order valence-corrected chi connectivity index (χ4v) is 2.05. The smallest absolute Gasteiger partial charge is 0.287 e. The van der Waals surface area contributed by atoms with Gasteiger partial charge in [-0.2, -0.15) is 0 Å². The monoisotopic (exact) mass is 358 g/mol. The van der Waals surface area contributed by atoms with Crippen molar-refractivity contribution in [2.75, 3.05) is 5.32 Å². The highest BCUT2D eigenvalue weighted by Gasteiger charge is 2.18. The average molecular weight is 360 g/mol. The van der Waals surface area contributed by atoms with Gasteiger partial charge in [0.25, 0.3) is 11.6 Å². The second-order valence-electron chi connectivity index (χ2n) is 3.90. The number of aromatic nitrogens is 2. The maximum Gasteiger partial charge on any atom is 0.287 e. The maximum atomic E-state index is 12.1. The predicted octanol–water partition coefficient (Wildman–Crippen LogP) is 3.00. The molecule has 104 valence electrons. The maximum absolute atomic E-state index is 12.1. The predicted molar refractivity (Wildman–Crippen MR) is 77.0 cm³/mol. The minimum absolute atomic E-state index is 0.130. The number of hydrogen-bond acceptors (Lipinski definition) is 4. The summed E-state index contributed by atoms with van der Waals surface area (Å²) in [6.45, 7) is 0.